The molecule has 2 aromatic heterocycles. The second kappa shape index (κ2) is 8.93. The Labute approximate surface area is 176 Å². The molecule has 30 heavy (non-hydrogen) atoms. The third kappa shape index (κ3) is 4.75. The van der Waals surface area contributed by atoms with E-state index in [-0.39, 0.29) is 5.91 Å². The van der Waals surface area contributed by atoms with E-state index < -0.39 is 0 Å². The van der Waals surface area contributed by atoms with Crippen molar-refractivity contribution in [2.75, 3.05) is 0 Å². The fraction of sp³-hybridized carbons (Fsp3) is 0.200. The standard InChI is InChI=1S/C25H26N4O/c1-18-6-8-20(9-7-18)15-28-25(30)22-5-3-4-21(13-22)14-26-16-23-17-27-24-12-19(2)10-11-29(23)24/h3-13,17,26H,14-16H2,1-2H3,(H,28,30). The van der Waals surface area contributed by atoms with Crippen LogP contribution in [-0.4, -0.2) is 15.3 Å². The molecule has 2 aromatic carbocycles. The van der Waals surface area contributed by atoms with E-state index >= 15 is 0 Å². The fourth-order valence-electron chi connectivity index (χ4n) is 3.41. The van der Waals surface area contributed by atoms with Crippen LogP contribution in [0.5, 0.6) is 0 Å². The molecule has 0 saturated heterocycles. The van der Waals surface area contributed by atoms with Gasteiger partial charge in [0.05, 0.1) is 11.9 Å². The third-order valence-electron chi connectivity index (χ3n) is 5.14. The highest BCUT2D eigenvalue weighted by Gasteiger charge is 2.07. The number of fused-ring (bicyclic) bond motifs is 1. The summed E-state index contributed by atoms with van der Waals surface area (Å²) >= 11 is 0. The number of aryl methyl sites for hydroxylation is 2. The first kappa shape index (κ1) is 19.9. The van der Waals surface area contributed by atoms with E-state index in [2.05, 4.69) is 58.1 Å². The highest BCUT2D eigenvalue weighted by Crippen LogP contribution is 2.10. The van der Waals surface area contributed by atoms with E-state index in [0.29, 0.717) is 25.2 Å². The predicted molar refractivity (Wildman–Crippen MR) is 119 cm³/mol. The van der Waals surface area contributed by atoms with Crippen molar-refractivity contribution < 1.29 is 4.79 Å². The van der Waals surface area contributed by atoms with E-state index in [0.717, 1.165) is 22.5 Å². The topological polar surface area (TPSA) is 58.4 Å². The molecule has 0 aliphatic rings. The van der Waals surface area contributed by atoms with Crippen LogP contribution in [0.4, 0.5) is 0 Å². The lowest BCUT2D eigenvalue weighted by Crippen LogP contribution is -2.23. The summed E-state index contributed by atoms with van der Waals surface area (Å²) in [6.07, 6.45) is 3.95. The Hall–Kier alpha value is -3.44. The Bertz CT molecular complexity index is 1160. The Morgan fingerprint density at radius 1 is 0.900 bits per heavy atom. The first-order chi connectivity index (χ1) is 14.6. The lowest BCUT2D eigenvalue weighted by atomic mass is 10.1. The number of hydrogen-bond donors (Lipinski definition) is 2. The Kier molecular flexibility index (Phi) is 5.91. The van der Waals surface area contributed by atoms with Gasteiger partial charge in [-0.15, -0.1) is 0 Å². The molecule has 4 aromatic rings. The highest BCUT2D eigenvalue weighted by molar-refractivity contribution is 5.94. The van der Waals surface area contributed by atoms with Crippen molar-refractivity contribution >= 4 is 11.6 Å². The van der Waals surface area contributed by atoms with E-state index in [9.17, 15) is 4.79 Å². The molecule has 152 valence electrons. The largest absolute Gasteiger partial charge is 0.348 e. The molecular weight excluding hydrogens is 372 g/mol. The molecule has 0 unspecified atom stereocenters. The van der Waals surface area contributed by atoms with E-state index in [1.54, 1.807) is 0 Å². The van der Waals surface area contributed by atoms with Gasteiger partial charge in [-0.1, -0.05) is 42.0 Å². The molecular formula is C25H26N4O. The molecule has 1 amide bonds. The minimum atomic E-state index is -0.0606. The second-order valence-electron chi connectivity index (χ2n) is 7.65. The van der Waals surface area contributed by atoms with Crippen LogP contribution in [0.3, 0.4) is 0 Å². The Morgan fingerprint density at radius 3 is 2.57 bits per heavy atom. The molecule has 0 aliphatic carbocycles. The normalized spacial score (nSPS) is 11.0. The van der Waals surface area contributed by atoms with Crippen molar-refractivity contribution in [1.82, 2.24) is 20.0 Å². The average molecular weight is 399 g/mol. The number of pyridine rings is 1. The zero-order chi connectivity index (χ0) is 20.9. The number of imidazole rings is 1. The average Bonchev–Trinajstić information content (AvgIpc) is 3.15. The zero-order valence-corrected chi connectivity index (χ0v) is 17.4. The van der Waals surface area contributed by atoms with Gasteiger partial charge in [0.1, 0.15) is 5.65 Å². The zero-order valence-electron chi connectivity index (χ0n) is 17.4. The van der Waals surface area contributed by atoms with E-state index in [4.69, 9.17) is 0 Å². The summed E-state index contributed by atoms with van der Waals surface area (Å²) in [6, 6.07) is 20.1. The number of benzene rings is 2. The van der Waals surface area contributed by atoms with Gasteiger partial charge in [0, 0.05) is 31.4 Å². The molecule has 0 spiro atoms. The quantitative estimate of drug-likeness (QED) is 0.491. The van der Waals surface area contributed by atoms with Gasteiger partial charge in [0.15, 0.2) is 0 Å². The van der Waals surface area contributed by atoms with E-state index in [1.807, 2.05) is 48.8 Å². The smallest absolute Gasteiger partial charge is 0.251 e. The highest BCUT2D eigenvalue weighted by atomic mass is 16.1. The minimum absolute atomic E-state index is 0.0606. The maximum Gasteiger partial charge on any atom is 0.251 e. The maximum atomic E-state index is 12.5. The van der Waals surface area contributed by atoms with Crippen LogP contribution in [-0.2, 0) is 19.6 Å². The van der Waals surface area contributed by atoms with Crippen LogP contribution < -0.4 is 10.6 Å². The van der Waals surface area contributed by atoms with Crippen molar-refractivity contribution in [1.29, 1.82) is 0 Å². The predicted octanol–water partition coefficient (Wildman–Crippen LogP) is 4.17. The second-order valence-corrected chi connectivity index (χ2v) is 7.65. The summed E-state index contributed by atoms with van der Waals surface area (Å²) in [5, 5.41) is 6.44. The lowest BCUT2D eigenvalue weighted by molar-refractivity contribution is 0.0951. The van der Waals surface area contributed by atoms with Gasteiger partial charge in [-0.3, -0.25) is 4.79 Å². The van der Waals surface area contributed by atoms with Crippen LogP contribution in [0.1, 0.15) is 38.3 Å². The monoisotopic (exact) mass is 398 g/mol. The summed E-state index contributed by atoms with van der Waals surface area (Å²) in [4.78, 5) is 17.0. The molecule has 0 radical (unpaired) electrons. The van der Waals surface area contributed by atoms with Gasteiger partial charge in [0.2, 0.25) is 0 Å². The summed E-state index contributed by atoms with van der Waals surface area (Å²) in [5.74, 6) is -0.0606. The van der Waals surface area contributed by atoms with Crippen LogP contribution in [0.15, 0.2) is 73.1 Å². The molecule has 0 bridgehead atoms. The first-order valence-corrected chi connectivity index (χ1v) is 10.1. The number of rotatable bonds is 7. The van der Waals surface area contributed by atoms with Gasteiger partial charge in [-0.25, -0.2) is 4.98 Å². The van der Waals surface area contributed by atoms with Crippen molar-refractivity contribution in [3.8, 4) is 0 Å². The number of nitrogens with zero attached hydrogens (tertiary/aromatic N) is 2. The van der Waals surface area contributed by atoms with E-state index in [1.165, 1.54) is 11.1 Å². The van der Waals surface area contributed by atoms with Crippen molar-refractivity contribution in [3.63, 3.8) is 0 Å². The number of hydrogen-bond acceptors (Lipinski definition) is 3. The number of carbonyl (C=O) groups is 1. The van der Waals surface area contributed by atoms with Crippen LogP contribution >= 0.6 is 0 Å². The van der Waals surface area contributed by atoms with Gasteiger partial charge in [-0.2, -0.15) is 0 Å². The number of aromatic nitrogens is 2. The number of nitrogens with one attached hydrogen (secondary N) is 2. The van der Waals surface area contributed by atoms with Crippen LogP contribution in [0, 0.1) is 13.8 Å². The molecule has 0 fully saturated rings. The van der Waals surface area contributed by atoms with Gasteiger partial charge < -0.3 is 15.0 Å². The van der Waals surface area contributed by atoms with Crippen LogP contribution in [0.2, 0.25) is 0 Å². The maximum absolute atomic E-state index is 12.5. The molecule has 5 heteroatoms. The SMILES string of the molecule is Cc1ccc(CNC(=O)c2cccc(CNCc3cnc4cc(C)ccn34)c2)cc1. The molecule has 2 N–H and O–H groups in total. The summed E-state index contributed by atoms with van der Waals surface area (Å²) in [7, 11) is 0. The molecule has 5 nitrogen and oxygen atoms in total. The van der Waals surface area contributed by atoms with Gasteiger partial charge in [-0.05, 0) is 54.8 Å². The number of amides is 1. The minimum Gasteiger partial charge on any atom is -0.348 e. The third-order valence-corrected chi connectivity index (χ3v) is 5.14. The molecule has 2 heterocycles. The van der Waals surface area contributed by atoms with Crippen molar-refractivity contribution in [2.45, 2.75) is 33.5 Å². The lowest BCUT2D eigenvalue weighted by Gasteiger charge is -2.09. The summed E-state index contributed by atoms with van der Waals surface area (Å²) in [6.45, 7) is 6.02. The molecule has 0 atom stereocenters. The molecule has 0 aliphatic heterocycles. The Morgan fingerprint density at radius 2 is 1.73 bits per heavy atom. The Balaban J connectivity index is 1.33. The summed E-state index contributed by atoms with van der Waals surface area (Å²) < 4.78 is 2.09. The fourth-order valence-corrected chi connectivity index (χ4v) is 3.41. The molecule has 0 saturated carbocycles. The molecule has 4 rings (SSSR count). The van der Waals surface area contributed by atoms with Crippen LogP contribution in [0.25, 0.3) is 5.65 Å². The number of carbonyl (C=O) groups excluding carboxylic acids is 1. The van der Waals surface area contributed by atoms with Gasteiger partial charge >= 0.3 is 0 Å². The summed E-state index contributed by atoms with van der Waals surface area (Å²) in [5.41, 5.74) is 7.31. The van der Waals surface area contributed by atoms with Gasteiger partial charge in [0.25, 0.3) is 5.91 Å². The first-order valence-electron chi connectivity index (χ1n) is 10.1. The van der Waals surface area contributed by atoms with Crippen molar-refractivity contribution in [3.05, 3.63) is 107 Å². The van der Waals surface area contributed by atoms with Crippen molar-refractivity contribution in [2.24, 2.45) is 0 Å².